The number of rotatable bonds is 4. The van der Waals surface area contributed by atoms with Crippen LogP contribution in [0.15, 0.2) is 36.4 Å². The molecule has 0 radical (unpaired) electrons. The highest BCUT2D eigenvalue weighted by Crippen LogP contribution is 2.06. The third-order valence-corrected chi connectivity index (χ3v) is 1.94. The van der Waals surface area contributed by atoms with E-state index in [4.69, 9.17) is 5.11 Å². The van der Waals surface area contributed by atoms with E-state index in [0.717, 1.165) is 12.8 Å². The van der Waals surface area contributed by atoms with Crippen LogP contribution in [0.3, 0.4) is 0 Å². The molecular formula is C12H14O2. The van der Waals surface area contributed by atoms with E-state index in [2.05, 4.69) is 25.1 Å². The summed E-state index contributed by atoms with van der Waals surface area (Å²) in [5.74, 6) is -0.880. The Morgan fingerprint density at radius 2 is 2.29 bits per heavy atom. The zero-order valence-corrected chi connectivity index (χ0v) is 8.23. The highest BCUT2D eigenvalue weighted by Gasteiger charge is 1.91. The number of carboxylic acid groups (broad SMARTS) is 1. The predicted molar refractivity (Wildman–Crippen MR) is 56.3 cm³/mol. The molecule has 0 spiro atoms. The van der Waals surface area contributed by atoms with Gasteiger partial charge in [-0.25, -0.2) is 4.79 Å². The molecule has 1 aromatic rings. The maximum atomic E-state index is 10.2. The van der Waals surface area contributed by atoms with Crippen molar-refractivity contribution >= 4 is 5.97 Å². The summed E-state index contributed by atoms with van der Waals surface area (Å²) in [6.07, 6.45) is 4.54. The molecule has 0 bridgehead atoms. The lowest BCUT2D eigenvalue weighted by atomic mass is 10.1. The number of hydrogen-bond acceptors (Lipinski definition) is 1. The largest absolute Gasteiger partial charge is 0.478 e. The molecule has 0 saturated carbocycles. The van der Waals surface area contributed by atoms with Gasteiger partial charge in [-0.1, -0.05) is 35.9 Å². The van der Waals surface area contributed by atoms with E-state index in [-0.39, 0.29) is 0 Å². The third kappa shape index (κ3) is 3.90. The van der Waals surface area contributed by atoms with Crippen LogP contribution in [0.1, 0.15) is 17.5 Å². The minimum absolute atomic E-state index is 0.774. The lowest BCUT2D eigenvalue weighted by Crippen LogP contribution is -1.87. The van der Waals surface area contributed by atoms with Crippen LogP contribution >= 0.6 is 0 Å². The smallest absolute Gasteiger partial charge is 0.327 e. The van der Waals surface area contributed by atoms with Crippen LogP contribution in [-0.2, 0) is 11.2 Å². The SMILES string of the molecule is Cc1cccc(CC/C=C/C(=O)O)c1. The minimum atomic E-state index is -0.880. The van der Waals surface area contributed by atoms with Crippen LogP contribution < -0.4 is 0 Å². The molecule has 14 heavy (non-hydrogen) atoms. The zero-order valence-electron chi connectivity index (χ0n) is 8.23. The fourth-order valence-electron chi connectivity index (χ4n) is 1.30. The van der Waals surface area contributed by atoms with E-state index in [9.17, 15) is 4.79 Å². The number of aliphatic carboxylic acids is 1. The molecule has 0 fully saturated rings. The van der Waals surface area contributed by atoms with Gasteiger partial charge in [-0.2, -0.15) is 0 Å². The van der Waals surface area contributed by atoms with Crippen LogP contribution in [0, 0.1) is 6.92 Å². The van der Waals surface area contributed by atoms with Crippen molar-refractivity contribution in [1.82, 2.24) is 0 Å². The summed E-state index contributed by atoms with van der Waals surface area (Å²) in [5.41, 5.74) is 2.49. The Labute approximate surface area is 83.9 Å². The van der Waals surface area contributed by atoms with Gasteiger partial charge in [-0.3, -0.25) is 0 Å². The van der Waals surface area contributed by atoms with E-state index in [1.165, 1.54) is 17.2 Å². The van der Waals surface area contributed by atoms with Crippen molar-refractivity contribution in [2.45, 2.75) is 19.8 Å². The number of hydrogen-bond donors (Lipinski definition) is 1. The summed E-state index contributed by atoms with van der Waals surface area (Å²) in [6, 6.07) is 8.25. The van der Waals surface area contributed by atoms with Gasteiger partial charge in [0.05, 0.1) is 0 Å². The summed E-state index contributed by atoms with van der Waals surface area (Å²) >= 11 is 0. The van der Waals surface area contributed by atoms with Gasteiger partial charge in [0.1, 0.15) is 0 Å². The molecule has 1 N–H and O–H groups in total. The van der Waals surface area contributed by atoms with Crippen LogP contribution in [0.4, 0.5) is 0 Å². The Bertz CT molecular complexity index is 340. The van der Waals surface area contributed by atoms with Crippen molar-refractivity contribution in [2.24, 2.45) is 0 Å². The second-order valence-corrected chi connectivity index (χ2v) is 3.27. The molecule has 2 heteroatoms. The van der Waals surface area contributed by atoms with E-state index >= 15 is 0 Å². The maximum Gasteiger partial charge on any atom is 0.327 e. The third-order valence-electron chi connectivity index (χ3n) is 1.94. The van der Waals surface area contributed by atoms with Crippen LogP contribution in [0.5, 0.6) is 0 Å². The lowest BCUT2D eigenvalue weighted by Gasteiger charge is -1.98. The molecule has 1 aromatic carbocycles. The molecule has 0 aliphatic carbocycles. The molecule has 74 valence electrons. The summed E-state index contributed by atoms with van der Waals surface area (Å²) in [7, 11) is 0. The monoisotopic (exact) mass is 190 g/mol. The quantitative estimate of drug-likeness (QED) is 0.741. The van der Waals surface area contributed by atoms with E-state index in [0.29, 0.717) is 0 Å². The molecule has 0 heterocycles. The average molecular weight is 190 g/mol. The number of carbonyl (C=O) groups is 1. The van der Waals surface area contributed by atoms with Gasteiger partial charge in [0.15, 0.2) is 0 Å². The predicted octanol–water partition coefficient (Wildman–Crippen LogP) is 2.57. The Morgan fingerprint density at radius 1 is 1.50 bits per heavy atom. The van der Waals surface area contributed by atoms with Crippen molar-refractivity contribution in [3.05, 3.63) is 47.5 Å². The van der Waals surface area contributed by atoms with Crippen molar-refractivity contribution < 1.29 is 9.90 Å². The first-order valence-corrected chi connectivity index (χ1v) is 4.63. The van der Waals surface area contributed by atoms with Crippen molar-refractivity contribution in [3.8, 4) is 0 Å². The first kappa shape index (κ1) is 10.5. The molecule has 2 nitrogen and oxygen atoms in total. The average Bonchev–Trinajstić information content (AvgIpc) is 2.12. The lowest BCUT2D eigenvalue weighted by molar-refractivity contribution is -0.131. The Morgan fingerprint density at radius 3 is 2.93 bits per heavy atom. The molecule has 0 aliphatic heterocycles. The number of allylic oxidation sites excluding steroid dienone is 1. The molecule has 0 unspecified atom stereocenters. The van der Waals surface area contributed by atoms with Crippen LogP contribution in [-0.4, -0.2) is 11.1 Å². The van der Waals surface area contributed by atoms with Crippen molar-refractivity contribution in [3.63, 3.8) is 0 Å². The molecule has 0 aromatic heterocycles. The van der Waals surface area contributed by atoms with Crippen LogP contribution in [0.2, 0.25) is 0 Å². The summed E-state index contributed by atoms with van der Waals surface area (Å²) in [6.45, 7) is 2.05. The van der Waals surface area contributed by atoms with Gasteiger partial charge in [-0.05, 0) is 25.3 Å². The van der Waals surface area contributed by atoms with Gasteiger partial charge in [0.25, 0.3) is 0 Å². The minimum Gasteiger partial charge on any atom is -0.478 e. The van der Waals surface area contributed by atoms with Gasteiger partial charge >= 0.3 is 5.97 Å². The van der Waals surface area contributed by atoms with E-state index in [1.807, 2.05) is 6.07 Å². The van der Waals surface area contributed by atoms with Gasteiger partial charge in [0.2, 0.25) is 0 Å². The fraction of sp³-hybridized carbons (Fsp3) is 0.250. The summed E-state index contributed by atoms with van der Waals surface area (Å²) in [5, 5.41) is 8.37. The fourth-order valence-corrected chi connectivity index (χ4v) is 1.30. The Hall–Kier alpha value is -1.57. The van der Waals surface area contributed by atoms with Crippen molar-refractivity contribution in [2.75, 3.05) is 0 Å². The molecule has 0 saturated heterocycles. The molecule has 0 aliphatic rings. The molecule has 0 amide bonds. The zero-order chi connectivity index (χ0) is 10.4. The van der Waals surface area contributed by atoms with Gasteiger partial charge in [-0.15, -0.1) is 0 Å². The second kappa shape index (κ2) is 5.22. The Kier molecular flexibility index (Phi) is 3.92. The standard InChI is InChI=1S/C12H14O2/c1-10-5-4-7-11(9-10)6-2-3-8-12(13)14/h3-5,7-9H,2,6H2,1H3,(H,13,14)/b8-3+. The highest BCUT2D eigenvalue weighted by molar-refractivity contribution is 5.79. The highest BCUT2D eigenvalue weighted by atomic mass is 16.4. The second-order valence-electron chi connectivity index (χ2n) is 3.27. The number of benzene rings is 1. The molecule has 0 atom stereocenters. The topological polar surface area (TPSA) is 37.3 Å². The number of aryl methyl sites for hydroxylation is 2. The van der Waals surface area contributed by atoms with Gasteiger partial charge in [0, 0.05) is 6.08 Å². The Balaban J connectivity index is 2.42. The maximum absolute atomic E-state index is 10.2. The normalized spacial score (nSPS) is 10.6. The number of carboxylic acids is 1. The van der Waals surface area contributed by atoms with Crippen LogP contribution in [0.25, 0.3) is 0 Å². The first-order valence-electron chi connectivity index (χ1n) is 4.63. The first-order chi connectivity index (χ1) is 6.68. The summed E-state index contributed by atoms with van der Waals surface area (Å²) < 4.78 is 0. The molecular weight excluding hydrogens is 176 g/mol. The van der Waals surface area contributed by atoms with E-state index < -0.39 is 5.97 Å². The van der Waals surface area contributed by atoms with Crippen molar-refractivity contribution in [1.29, 1.82) is 0 Å². The van der Waals surface area contributed by atoms with Gasteiger partial charge < -0.3 is 5.11 Å². The molecule has 1 rings (SSSR count). The van der Waals surface area contributed by atoms with E-state index in [1.54, 1.807) is 6.08 Å². The summed E-state index contributed by atoms with van der Waals surface area (Å²) in [4.78, 5) is 10.2.